The first-order valence-electron chi connectivity index (χ1n) is 9.60. The fourth-order valence-corrected chi connectivity index (χ4v) is 3.95. The van der Waals surface area contributed by atoms with Crippen molar-refractivity contribution in [3.8, 4) is 0 Å². The van der Waals surface area contributed by atoms with Gasteiger partial charge >= 0.3 is 0 Å². The summed E-state index contributed by atoms with van der Waals surface area (Å²) in [5.41, 5.74) is 2.14. The number of halogens is 2. The zero-order valence-corrected chi connectivity index (χ0v) is 17.7. The molecule has 7 heteroatoms. The van der Waals surface area contributed by atoms with Gasteiger partial charge < -0.3 is 15.7 Å². The lowest BCUT2D eigenvalue weighted by atomic mass is 9.92. The topological polar surface area (TPSA) is 64.6 Å². The Balaban J connectivity index is 0.00000182. The molecule has 0 saturated carbocycles. The summed E-state index contributed by atoms with van der Waals surface area (Å²) in [7, 11) is 0. The minimum absolute atomic E-state index is 0. The van der Waals surface area contributed by atoms with E-state index in [0.717, 1.165) is 57.5 Å². The Morgan fingerprint density at radius 1 is 1.26 bits per heavy atom. The van der Waals surface area contributed by atoms with E-state index in [2.05, 4.69) is 34.6 Å². The molecule has 27 heavy (non-hydrogen) atoms. The SMILES string of the molecule is C[C@H]1C[C@@H](C(=O)Nc2cccc(CN3CCC(CO)CC3)c2)CCN1.Cl.Cl. The second-order valence-corrected chi connectivity index (χ2v) is 7.67. The Kier molecular flexibility index (Phi) is 10.6. The summed E-state index contributed by atoms with van der Waals surface area (Å²) in [4.78, 5) is 14.9. The van der Waals surface area contributed by atoms with Crippen molar-refractivity contribution in [2.75, 3.05) is 31.6 Å². The molecule has 5 nitrogen and oxygen atoms in total. The molecule has 0 aromatic heterocycles. The summed E-state index contributed by atoms with van der Waals surface area (Å²) >= 11 is 0. The molecule has 1 aromatic carbocycles. The Bertz CT molecular complexity index is 580. The first-order valence-corrected chi connectivity index (χ1v) is 9.60. The van der Waals surface area contributed by atoms with E-state index in [1.165, 1.54) is 5.56 Å². The number of hydrogen-bond acceptors (Lipinski definition) is 4. The average Bonchev–Trinajstić information content (AvgIpc) is 2.63. The van der Waals surface area contributed by atoms with Crippen LogP contribution in [0.25, 0.3) is 0 Å². The van der Waals surface area contributed by atoms with Gasteiger partial charge in [0.05, 0.1) is 0 Å². The van der Waals surface area contributed by atoms with Crippen LogP contribution < -0.4 is 10.6 Å². The highest BCUT2D eigenvalue weighted by atomic mass is 35.5. The van der Waals surface area contributed by atoms with Gasteiger partial charge in [0.2, 0.25) is 5.91 Å². The van der Waals surface area contributed by atoms with Crippen LogP contribution in [-0.2, 0) is 11.3 Å². The minimum Gasteiger partial charge on any atom is -0.396 e. The first kappa shape index (κ1) is 24.2. The van der Waals surface area contributed by atoms with Gasteiger partial charge in [-0.1, -0.05) is 12.1 Å². The highest BCUT2D eigenvalue weighted by Gasteiger charge is 2.24. The molecular weight excluding hydrogens is 385 g/mol. The molecule has 3 rings (SSSR count). The summed E-state index contributed by atoms with van der Waals surface area (Å²) in [5.74, 6) is 0.723. The van der Waals surface area contributed by atoms with E-state index in [-0.39, 0.29) is 36.6 Å². The Morgan fingerprint density at radius 3 is 2.67 bits per heavy atom. The third-order valence-corrected chi connectivity index (χ3v) is 5.56. The number of carbonyl (C=O) groups is 1. The predicted octanol–water partition coefficient (Wildman–Crippen LogP) is 3.06. The molecule has 2 saturated heterocycles. The molecule has 2 atom stereocenters. The summed E-state index contributed by atoms with van der Waals surface area (Å²) < 4.78 is 0. The molecule has 0 spiro atoms. The van der Waals surface area contributed by atoms with Crippen LogP contribution in [0.3, 0.4) is 0 Å². The summed E-state index contributed by atoms with van der Waals surface area (Å²) in [5, 5.41) is 15.7. The number of piperidine rings is 2. The fourth-order valence-electron chi connectivity index (χ4n) is 3.95. The van der Waals surface area contributed by atoms with Crippen molar-refractivity contribution >= 4 is 36.4 Å². The van der Waals surface area contributed by atoms with Crippen LogP contribution in [0.2, 0.25) is 0 Å². The molecule has 1 aromatic rings. The Morgan fingerprint density at radius 2 is 2.00 bits per heavy atom. The summed E-state index contributed by atoms with van der Waals surface area (Å²) in [6.07, 6.45) is 3.96. The van der Waals surface area contributed by atoms with Gasteiger partial charge in [0.25, 0.3) is 0 Å². The second-order valence-electron chi connectivity index (χ2n) is 7.67. The second kappa shape index (κ2) is 11.9. The molecule has 0 unspecified atom stereocenters. The molecule has 3 N–H and O–H groups in total. The van der Waals surface area contributed by atoms with Crippen molar-refractivity contribution in [1.82, 2.24) is 10.2 Å². The van der Waals surface area contributed by atoms with Gasteiger partial charge in [-0.2, -0.15) is 0 Å². The molecule has 2 heterocycles. The van der Waals surface area contributed by atoms with Gasteiger partial charge in [-0.15, -0.1) is 24.8 Å². The monoisotopic (exact) mass is 417 g/mol. The molecule has 2 fully saturated rings. The molecule has 2 aliphatic heterocycles. The Hall–Kier alpha value is -0.850. The number of amides is 1. The van der Waals surface area contributed by atoms with Gasteiger partial charge in [-0.25, -0.2) is 0 Å². The summed E-state index contributed by atoms with van der Waals surface area (Å²) in [6, 6.07) is 8.64. The molecule has 0 radical (unpaired) electrons. The number of nitrogens with zero attached hydrogens (tertiary/aromatic N) is 1. The van der Waals surface area contributed by atoms with Crippen LogP contribution in [-0.4, -0.2) is 48.2 Å². The zero-order chi connectivity index (χ0) is 17.6. The number of anilines is 1. The lowest BCUT2D eigenvalue weighted by Gasteiger charge is -2.31. The lowest BCUT2D eigenvalue weighted by molar-refractivity contribution is -0.120. The van der Waals surface area contributed by atoms with Crippen molar-refractivity contribution in [2.24, 2.45) is 11.8 Å². The highest BCUT2D eigenvalue weighted by Crippen LogP contribution is 2.21. The maximum absolute atomic E-state index is 12.5. The first-order chi connectivity index (χ1) is 12.1. The maximum atomic E-state index is 12.5. The zero-order valence-electron chi connectivity index (χ0n) is 16.0. The van der Waals surface area contributed by atoms with Gasteiger partial charge in [-0.3, -0.25) is 9.69 Å². The van der Waals surface area contributed by atoms with E-state index >= 15 is 0 Å². The van der Waals surface area contributed by atoms with E-state index in [9.17, 15) is 9.90 Å². The molecule has 154 valence electrons. The van der Waals surface area contributed by atoms with Crippen LogP contribution in [0.4, 0.5) is 5.69 Å². The number of rotatable bonds is 5. The van der Waals surface area contributed by atoms with Gasteiger partial charge in [0, 0.05) is 30.8 Å². The maximum Gasteiger partial charge on any atom is 0.227 e. The van der Waals surface area contributed by atoms with Crippen LogP contribution in [0.5, 0.6) is 0 Å². The van der Waals surface area contributed by atoms with Gasteiger partial charge in [-0.05, 0) is 75.9 Å². The number of nitrogens with one attached hydrogen (secondary N) is 2. The minimum atomic E-state index is 0. The molecular formula is C20H33Cl2N3O2. The molecule has 0 aliphatic carbocycles. The van der Waals surface area contributed by atoms with Crippen molar-refractivity contribution in [1.29, 1.82) is 0 Å². The number of aliphatic hydroxyl groups excluding tert-OH is 1. The van der Waals surface area contributed by atoms with Crippen molar-refractivity contribution in [3.63, 3.8) is 0 Å². The molecule has 2 aliphatic rings. The van der Waals surface area contributed by atoms with Crippen molar-refractivity contribution < 1.29 is 9.90 Å². The smallest absolute Gasteiger partial charge is 0.227 e. The van der Waals surface area contributed by atoms with E-state index in [1.807, 2.05) is 12.1 Å². The van der Waals surface area contributed by atoms with Crippen molar-refractivity contribution in [2.45, 2.75) is 45.2 Å². The number of likely N-dealkylation sites (tertiary alicyclic amines) is 1. The van der Waals surface area contributed by atoms with Gasteiger partial charge in [0.15, 0.2) is 0 Å². The van der Waals surface area contributed by atoms with E-state index in [0.29, 0.717) is 18.6 Å². The van der Waals surface area contributed by atoms with Crippen LogP contribution in [0, 0.1) is 11.8 Å². The molecule has 1 amide bonds. The predicted molar refractivity (Wildman–Crippen MR) is 115 cm³/mol. The lowest BCUT2D eigenvalue weighted by Crippen LogP contribution is -2.40. The Labute approximate surface area is 175 Å². The number of carbonyl (C=O) groups excluding carboxylic acids is 1. The quantitative estimate of drug-likeness (QED) is 0.688. The van der Waals surface area contributed by atoms with Crippen LogP contribution in [0.15, 0.2) is 24.3 Å². The standard InChI is InChI=1S/C20H31N3O2.2ClH/c1-15-11-18(5-8-21-15)20(25)22-19-4-2-3-17(12-19)13-23-9-6-16(14-24)7-10-23;;/h2-4,12,15-16,18,21,24H,5-11,13-14H2,1H3,(H,22,25);2*1H/t15-,18-;;/m0../s1. The third-order valence-electron chi connectivity index (χ3n) is 5.56. The van der Waals surface area contributed by atoms with Gasteiger partial charge in [0.1, 0.15) is 0 Å². The fraction of sp³-hybridized carbons (Fsp3) is 0.650. The highest BCUT2D eigenvalue weighted by molar-refractivity contribution is 5.92. The van der Waals surface area contributed by atoms with E-state index < -0.39 is 0 Å². The average molecular weight is 418 g/mol. The number of hydrogen-bond donors (Lipinski definition) is 3. The number of aliphatic hydroxyl groups is 1. The van der Waals surface area contributed by atoms with Crippen molar-refractivity contribution in [3.05, 3.63) is 29.8 Å². The largest absolute Gasteiger partial charge is 0.396 e. The van der Waals surface area contributed by atoms with E-state index in [4.69, 9.17) is 0 Å². The molecule has 0 bridgehead atoms. The van der Waals surface area contributed by atoms with Crippen LogP contribution in [0.1, 0.15) is 38.2 Å². The number of benzene rings is 1. The van der Waals surface area contributed by atoms with Crippen LogP contribution >= 0.6 is 24.8 Å². The normalized spacial score (nSPS) is 23.8. The van der Waals surface area contributed by atoms with E-state index in [1.54, 1.807) is 0 Å². The summed E-state index contributed by atoms with van der Waals surface area (Å²) in [6.45, 7) is 6.35. The third kappa shape index (κ3) is 7.24.